The Morgan fingerprint density at radius 3 is 2.76 bits per heavy atom. The van der Waals surface area contributed by atoms with E-state index < -0.39 is 10.0 Å². The van der Waals surface area contributed by atoms with Crippen LogP contribution >= 0.6 is 11.6 Å². The summed E-state index contributed by atoms with van der Waals surface area (Å²) in [5.41, 5.74) is 6.25. The Labute approximate surface area is 131 Å². The van der Waals surface area contributed by atoms with Crippen molar-refractivity contribution in [1.82, 2.24) is 4.31 Å². The van der Waals surface area contributed by atoms with Crippen molar-refractivity contribution in [2.24, 2.45) is 11.7 Å². The molecule has 1 saturated heterocycles. The van der Waals surface area contributed by atoms with E-state index in [1.165, 1.54) is 17.5 Å². The first-order chi connectivity index (χ1) is 9.90. The zero-order valence-electron chi connectivity index (χ0n) is 12.3. The molecule has 1 fully saturated rings. The van der Waals surface area contributed by atoms with Gasteiger partial charge in [-0.25, -0.2) is 8.42 Å². The number of methoxy groups -OCH3 is 1. The summed E-state index contributed by atoms with van der Waals surface area (Å²) < 4.78 is 32.6. The van der Waals surface area contributed by atoms with Gasteiger partial charge in [0, 0.05) is 30.2 Å². The average molecular weight is 333 g/mol. The van der Waals surface area contributed by atoms with Crippen LogP contribution < -0.4 is 10.5 Å². The molecule has 0 radical (unpaired) electrons. The van der Waals surface area contributed by atoms with Gasteiger partial charge in [-0.3, -0.25) is 0 Å². The van der Waals surface area contributed by atoms with Gasteiger partial charge in [0.05, 0.1) is 7.11 Å². The molecule has 2 rings (SSSR count). The molecule has 1 aliphatic heterocycles. The Bertz CT molecular complexity index is 619. The van der Waals surface area contributed by atoms with Crippen LogP contribution in [-0.2, 0) is 16.6 Å². The van der Waals surface area contributed by atoms with Gasteiger partial charge < -0.3 is 10.5 Å². The normalized spacial score (nSPS) is 20.5. The molecule has 1 heterocycles. The predicted octanol–water partition coefficient (Wildman–Crippen LogP) is 2.23. The Hall–Kier alpha value is -0.820. The van der Waals surface area contributed by atoms with Crippen molar-refractivity contribution < 1.29 is 13.2 Å². The minimum Gasteiger partial charge on any atom is -0.495 e. The summed E-state index contributed by atoms with van der Waals surface area (Å²) in [5, 5.41) is 0.347. The van der Waals surface area contributed by atoms with Crippen molar-refractivity contribution >= 4 is 21.6 Å². The SMILES string of the molecule is COc1c(CN)cc(Cl)cc1S(=O)(=O)N1CCCC(C)C1. The topological polar surface area (TPSA) is 72.6 Å². The standard InChI is InChI=1S/C14H21ClN2O3S/c1-10-4-3-5-17(9-10)21(18,19)13-7-12(15)6-11(8-16)14(13)20-2/h6-7,10H,3-5,8-9,16H2,1-2H3. The lowest BCUT2D eigenvalue weighted by atomic mass is 10.0. The third-order valence-electron chi connectivity index (χ3n) is 3.76. The van der Waals surface area contributed by atoms with Crippen LogP contribution in [0.5, 0.6) is 5.75 Å². The molecule has 0 saturated carbocycles. The second-order valence-electron chi connectivity index (χ2n) is 5.41. The molecule has 2 N–H and O–H groups in total. The van der Waals surface area contributed by atoms with Crippen LogP contribution in [0.4, 0.5) is 0 Å². The molecule has 1 aliphatic rings. The van der Waals surface area contributed by atoms with Crippen LogP contribution in [0.15, 0.2) is 17.0 Å². The van der Waals surface area contributed by atoms with Gasteiger partial charge in [0.15, 0.2) is 0 Å². The summed E-state index contributed by atoms with van der Waals surface area (Å²) in [6.45, 7) is 3.28. The van der Waals surface area contributed by atoms with E-state index >= 15 is 0 Å². The molecule has 0 aromatic heterocycles. The van der Waals surface area contributed by atoms with Crippen LogP contribution in [0.2, 0.25) is 5.02 Å². The Morgan fingerprint density at radius 1 is 1.48 bits per heavy atom. The lowest BCUT2D eigenvalue weighted by Gasteiger charge is -2.30. The van der Waals surface area contributed by atoms with E-state index in [1.54, 1.807) is 6.07 Å². The van der Waals surface area contributed by atoms with Gasteiger partial charge in [-0.2, -0.15) is 4.31 Å². The first-order valence-electron chi connectivity index (χ1n) is 6.96. The zero-order chi connectivity index (χ0) is 15.6. The van der Waals surface area contributed by atoms with E-state index in [9.17, 15) is 8.42 Å². The number of hydrogen-bond donors (Lipinski definition) is 1. The van der Waals surface area contributed by atoms with Gasteiger partial charge >= 0.3 is 0 Å². The van der Waals surface area contributed by atoms with Crippen molar-refractivity contribution in [3.63, 3.8) is 0 Å². The lowest BCUT2D eigenvalue weighted by Crippen LogP contribution is -2.39. The third kappa shape index (κ3) is 3.34. The van der Waals surface area contributed by atoms with Crippen molar-refractivity contribution in [1.29, 1.82) is 0 Å². The minimum absolute atomic E-state index is 0.104. The fourth-order valence-corrected chi connectivity index (χ4v) is 4.83. The number of sulfonamides is 1. The molecular formula is C14H21ClN2O3S. The summed E-state index contributed by atoms with van der Waals surface area (Å²) in [7, 11) is -2.18. The van der Waals surface area contributed by atoms with Gasteiger partial charge in [0.25, 0.3) is 0 Å². The fourth-order valence-electron chi connectivity index (χ4n) is 2.70. The van der Waals surface area contributed by atoms with Crippen LogP contribution in [0.1, 0.15) is 25.3 Å². The number of ether oxygens (including phenoxy) is 1. The maximum atomic E-state index is 12.9. The molecule has 0 spiro atoms. The van der Waals surface area contributed by atoms with E-state index in [0.29, 0.717) is 35.3 Å². The maximum absolute atomic E-state index is 12.9. The quantitative estimate of drug-likeness (QED) is 0.917. The first-order valence-corrected chi connectivity index (χ1v) is 8.78. The number of benzene rings is 1. The summed E-state index contributed by atoms with van der Waals surface area (Å²) in [6.07, 6.45) is 1.92. The molecule has 1 aromatic rings. The predicted molar refractivity (Wildman–Crippen MR) is 83.1 cm³/mol. The summed E-state index contributed by atoms with van der Waals surface area (Å²) in [4.78, 5) is 0.104. The molecule has 0 aliphatic carbocycles. The second-order valence-corrected chi connectivity index (χ2v) is 7.75. The van der Waals surface area contributed by atoms with Gasteiger partial charge in [-0.05, 0) is 30.9 Å². The lowest BCUT2D eigenvalue weighted by molar-refractivity contribution is 0.280. The Morgan fingerprint density at radius 2 is 2.19 bits per heavy atom. The number of piperidine rings is 1. The summed E-state index contributed by atoms with van der Waals surface area (Å²) >= 11 is 6.04. The molecule has 1 aromatic carbocycles. The highest BCUT2D eigenvalue weighted by Crippen LogP contribution is 2.34. The van der Waals surface area contributed by atoms with Gasteiger partial charge in [-0.1, -0.05) is 18.5 Å². The minimum atomic E-state index is -3.62. The maximum Gasteiger partial charge on any atom is 0.246 e. The van der Waals surface area contributed by atoms with Crippen LogP contribution in [0.3, 0.4) is 0 Å². The largest absolute Gasteiger partial charge is 0.495 e. The average Bonchev–Trinajstić information content (AvgIpc) is 2.46. The Balaban J connectivity index is 2.51. The smallest absolute Gasteiger partial charge is 0.246 e. The molecule has 21 heavy (non-hydrogen) atoms. The van der Waals surface area contributed by atoms with Gasteiger partial charge in [-0.15, -0.1) is 0 Å². The first kappa shape index (κ1) is 16.5. The molecule has 0 bridgehead atoms. The Kier molecular flexibility index (Phi) is 5.14. The molecule has 1 atom stereocenters. The van der Waals surface area contributed by atoms with Crippen molar-refractivity contribution in [2.75, 3.05) is 20.2 Å². The highest BCUT2D eigenvalue weighted by molar-refractivity contribution is 7.89. The number of rotatable bonds is 4. The van der Waals surface area contributed by atoms with Gasteiger partial charge in [0.1, 0.15) is 10.6 Å². The number of nitrogens with zero attached hydrogens (tertiary/aromatic N) is 1. The molecule has 118 valence electrons. The number of nitrogens with two attached hydrogens (primary N) is 1. The van der Waals surface area contributed by atoms with Crippen LogP contribution in [0.25, 0.3) is 0 Å². The van der Waals surface area contributed by atoms with Gasteiger partial charge in [0.2, 0.25) is 10.0 Å². The van der Waals surface area contributed by atoms with E-state index in [1.807, 2.05) is 0 Å². The third-order valence-corrected chi connectivity index (χ3v) is 5.85. The monoisotopic (exact) mass is 332 g/mol. The summed E-state index contributed by atoms with van der Waals surface area (Å²) in [5.74, 6) is 0.646. The van der Waals surface area contributed by atoms with E-state index in [0.717, 1.165) is 12.8 Å². The van der Waals surface area contributed by atoms with Crippen LogP contribution in [-0.4, -0.2) is 32.9 Å². The van der Waals surface area contributed by atoms with Crippen molar-refractivity contribution in [3.05, 3.63) is 22.7 Å². The molecule has 1 unspecified atom stereocenters. The highest BCUT2D eigenvalue weighted by Gasteiger charge is 2.32. The molecule has 0 amide bonds. The van der Waals surface area contributed by atoms with Crippen molar-refractivity contribution in [3.8, 4) is 5.75 Å². The van der Waals surface area contributed by atoms with E-state index in [2.05, 4.69) is 6.92 Å². The number of halogens is 1. The van der Waals surface area contributed by atoms with E-state index in [4.69, 9.17) is 22.1 Å². The van der Waals surface area contributed by atoms with Crippen LogP contribution in [0, 0.1) is 5.92 Å². The fraction of sp³-hybridized carbons (Fsp3) is 0.571. The van der Waals surface area contributed by atoms with Crippen molar-refractivity contribution in [2.45, 2.75) is 31.2 Å². The second kappa shape index (κ2) is 6.52. The molecule has 5 nitrogen and oxygen atoms in total. The molecular weight excluding hydrogens is 312 g/mol. The molecule has 7 heteroatoms. The summed E-state index contributed by atoms with van der Waals surface area (Å²) in [6, 6.07) is 3.08. The number of hydrogen-bond acceptors (Lipinski definition) is 4. The zero-order valence-corrected chi connectivity index (χ0v) is 13.9. The highest BCUT2D eigenvalue weighted by atomic mass is 35.5. The van der Waals surface area contributed by atoms with E-state index in [-0.39, 0.29) is 11.4 Å².